The Morgan fingerprint density at radius 2 is 2.08 bits per heavy atom. The molecule has 0 saturated heterocycles. The van der Waals surface area contributed by atoms with E-state index in [9.17, 15) is 4.79 Å². The highest BCUT2D eigenvalue weighted by Gasteiger charge is 2.15. The summed E-state index contributed by atoms with van der Waals surface area (Å²) in [4.78, 5) is 21.1. The Morgan fingerprint density at radius 1 is 1.23 bits per heavy atom. The minimum atomic E-state index is -0.149. The van der Waals surface area contributed by atoms with Gasteiger partial charge in [-0.2, -0.15) is 0 Å². The lowest BCUT2D eigenvalue weighted by molar-refractivity contribution is 0.0944. The van der Waals surface area contributed by atoms with E-state index in [4.69, 9.17) is 4.74 Å². The van der Waals surface area contributed by atoms with E-state index in [0.717, 1.165) is 11.2 Å². The summed E-state index contributed by atoms with van der Waals surface area (Å²) in [5.74, 6) is 0.567. The van der Waals surface area contributed by atoms with E-state index in [2.05, 4.69) is 15.3 Å². The number of fused-ring (bicyclic) bond motifs is 1. The van der Waals surface area contributed by atoms with Crippen LogP contribution in [0.3, 0.4) is 0 Å². The lowest BCUT2D eigenvalue weighted by Crippen LogP contribution is -2.24. The standard InChI is InChI=1S/C19H16N4O2S/c1-13-17(23-10-3-2-4-16(23)22-13)18(24)21-12-14-5-7-15(8-6-14)25-19-20-9-11-26-19/h2-11H,12H2,1H3,(H,21,24). The van der Waals surface area contributed by atoms with Gasteiger partial charge in [0, 0.05) is 24.3 Å². The first-order valence-corrected chi connectivity index (χ1v) is 8.97. The van der Waals surface area contributed by atoms with Gasteiger partial charge in [0.1, 0.15) is 17.1 Å². The van der Waals surface area contributed by atoms with Crippen LogP contribution in [0.1, 0.15) is 21.7 Å². The number of carbonyl (C=O) groups excluding carboxylic acids is 1. The average Bonchev–Trinajstić information content (AvgIpc) is 3.27. The Balaban J connectivity index is 1.43. The topological polar surface area (TPSA) is 68.5 Å². The number of ether oxygens (including phenoxy) is 1. The molecule has 130 valence electrons. The first kappa shape index (κ1) is 16.3. The molecule has 4 aromatic rings. The van der Waals surface area contributed by atoms with Crippen LogP contribution in [0.15, 0.2) is 60.2 Å². The summed E-state index contributed by atoms with van der Waals surface area (Å²) in [7, 11) is 0. The molecule has 3 heterocycles. The van der Waals surface area contributed by atoms with Crippen molar-refractivity contribution in [2.45, 2.75) is 13.5 Å². The third-order valence-electron chi connectivity index (χ3n) is 3.91. The van der Waals surface area contributed by atoms with Gasteiger partial charge in [-0.3, -0.25) is 9.20 Å². The fourth-order valence-electron chi connectivity index (χ4n) is 2.69. The van der Waals surface area contributed by atoms with Crippen LogP contribution in [0, 0.1) is 6.92 Å². The molecule has 0 bridgehead atoms. The summed E-state index contributed by atoms with van der Waals surface area (Å²) >= 11 is 1.44. The van der Waals surface area contributed by atoms with Crippen molar-refractivity contribution in [3.8, 4) is 10.9 Å². The van der Waals surface area contributed by atoms with Crippen molar-refractivity contribution in [3.05, 3.63) is 77.2 Å². The van der Waals surface area contributed by atoms with Crippen molar-refractivity contribution < 1.29 is 9.53 Å². The molecule has 7 heteroatoms. The summed E-state index contributed by atoms with van der Waals surface area (Å²) in [6.07, 6.45) is 3.54. The molecule has 1 N–H and O–H groups in total. The molecule has 0 atom stereocenters. The lowest BCUT2D eigenvalue weighted by atomic mass is 10.2. The summed E-state index contributed by atoms with van der Waals surface area (Å²) in [6.45, 7) is 2.27. The number of imidazole rings is 1. The zero-order valence-corrected chi connectivity index (χ0v) is 14.9. The van der Waals surface area contributed by atoms with E-state index in [-0.39, 0.29) is 5.91 Å². The van der Waals surface area contributed by atoms with Gasteiger partial charge in [-0.25, -0.2) is 9.97 Å². The monoisotopic (exact) mass is 364 g/mol. The highest BCUT2D eigenvalue weighted by Crippen LogP contribution is 2.23. The quantitative estimate of drug-likeness (QED) is 0.584. The SMILES string of the molecule is Cc1nc2ccccn2c1C(=O)NCc1ccc(Oc2nccs2)cc1. The van der Waals surface area contributed by atoms with Crippen molar-refractivity contribution in [2.24, 2.45) is 0 Å². The van der Waals surface area contributed by atoms with Crippen molar-refractivity contribution in [1.29, 1.82) is 0 Å². The molecule has 0 aliphatic heterocycles. The normalized spacial score (nSPS) is 10.8. The maximum absolute atomic E-state index is 12.6. The predicted molar refractivity (Wildman–Crippen MR) is 99.7 cm³/mol. The van der Waals surface area contributed by atoms with Crippen LogP contribution in [0.4, 0.5) is 0 Å². The summed E-state index contributed by atoms with van der Waals surface area (Å²) < 4.78 is 7.43. The molecule has 26 heavy (non-hydrogen) atoms. The number of aryl methyl sites for hydroxylation is 1. The maximum Gasteiger partial charge on any atom is 0.278 e. The molecule has 0 aliphatic carbocycles. The number of hydrogen-bond acceptors (Lipinski definition) is 5. The van der Waals surface area contributed by atoms with E-state index >= 15 is 0 Å². The van der Waals surface area contributed by atoms with E-state index in [1.165, 1.54) is 11.3 Å². The number of pyridine rings is 1. The van der Waals surface area contributed by atoms with Crippen molar-refractivity contribution >= 4 is 22.9 Å². The molecule has 4 rings (SSSR count). The van der Waals surface area contributed by atoms with Gasteiger partial charge < -0.3 is 10.1 Å². The number of nitrogens with one attached hydrogen (secondary N) is 1. The molecular weight excluding hydrogens is 348 g/mol. The molecule has 0 radical (unpaired) electrons. The molecule has 0 saturated carbocycles. The largest absolute Gasteiger partial charge is 0.431 e. The molecular formula is C19H16N4O2S. The van der Waals surface area contributed by atoms with Crippen LogP contribution >= 0.6 is 11.3 Å². The molecule has 0 aliphatic rings. The molecule has 1 aromatic carbocycles. The first-order valence-electron chi connectivity index (χ1n) is 8.09. The number of thiazole rings is 1. The first-order chi connectivity index (χ1) is 12.7. The third kappa shape index (κ3) is 3.29. The van der Waals surface area contributed by atoms with Crippen LogP contribution in [0.5, 0.6) is 10.9 Å². The number of amides is 1. The molecule has 0 spiro atoms. The highest BCUT2D eigenvalue weighted by atomic mass is 32.1. The predicted octanol–water partition coefficient (Wildman–Crippen LogP) is 3.82. The number of aromatic nitrogens is 3. The second kappa shape index (κ2) is 6.97. The Bertz CT molecular complexity index is 1040. The van der Waals surface area contributed by atoms with Gasteiger partial charge in [0.2, 0.25) is 0 Å². The average molecular weight is 364 g/mol. The van der Waals surface area contributed by atoms with Gasteiger partial charge in [0.25, 0.3) is 11.1 Å². The second-order valence-corrected chi connectivity index (χ2v) is 6.56. The van der Waals surface area contributed by atoms with Crippen molar-refractivity contribution in [2.75, 3.05) is 0 Å². The van der Waals surface area contributed by atoms with Gasteiger partial charge in [0.15, 0.2) is 0 Å². The zero-order valence-electron chi connectivity index (χ0n) is 14.0. The smallest absolute Gasteiger partial charge is 0.278 e. The van der Waals surface area contributed by atoms with E-state index in [1.54, 1.807) is 10.6 Å². The van der Waals surface area contributed by atoms with Crippen LogP contribution < -0.4 is 10.1 Å². The summed E-state index contributed by atoms with van der Waals surface area (Å²) in [6, 6.07) is 13.2. The number of carbonyl (C=O) groups is 1. The minimum Gasteiger partial charge on any atom is -0.431 e. The van der Waals surface area contributed by atoms with Crippen LogP contribution in [0.2, 0.25) is 0 Å². The summed E-state index contributed by atoms with van der Waals surface area (Å²) in [5.41, 5.74) is 3.01. The van der Waals surface area contributed by atoms with Crippen molar-refractivity contribution in [3.63, 3.8) is 0 Å². The summed E-state index contributed by atoms with van der Waals surface area (Å²) in [5, 5.41) is 5.42. The number of benzene rings is 1. The van der Waals surface area contributed by atoms with Gasteiger partial charge in [-0.15, -0.1) is 0 Å². The highest BCUT2D eigenvalue weighted by molar-refractivity contribution is 7.11. The lowest BCUT2D eigenvalue weighted by Gasteiger charge is -2.07. The number of rotatable bonds is 5. The van der Waals surface area contributed by atoms with Crippen molar-refractivity contribution in [1.82, 2.24) is 19.7 Å². The molecule has 0 unspecified atom stereocenters. The maximum atomic E-state index is 12.6. The van der Waals surface area contributed by atoms with Crippen LogP contribution in [-0.4, -0.2) is 20.3 Å². The molecule has 0 fully saturated rings. The molecule has 3 aromatic heterocycles. The zero-order chi connectivity index (χ0) is 17.9. The van der Waals surface area contributed by atoms with Gasteiger partial charge in [-0.05, 0) is 36.8 Å². The Morgan fingerprint density at radius 3 is 2.85 bits per heavy atom. The van der Waals surface area contributed by atoms with E-state index < -0.39 is 0 Å². The molecule has 1 amide bonds. The van der Waals surface area contributed by atoms with E-state index in [1.807, 2.05) is 61.0 Å². The molecule has 6 nitrogen and oxygen atoms in total. The van der Waals surface area contributed by atoms with Gasteiger partial charge in [0.05, 0.1) is 5.69 Å². The fourth-order valence-corrected chi connectivity index (χ4v) is 3.19. The van der Waals surface area contributed by atoms with Gasteiger partial charge in [-0.1, -0.05) is 29.5 Å². The van der Waals surface area contributed by atoms with E-state index in [0.29, 0.717) is 28.9 Å². The fraction of sp³-hybridized carbons (Fsp3) is 0.105. The number of nitrogens with zero attached hydrogens (tertiary/aromatic N) is 3. The minimum absolute atomic E-state index is 0.149. The van der Waals surface area contributed by atoms with Crippen LogP contribution in [0.25, 0.3) is 5.65 Å². The second-order valence-electron chi connectivity index (χ2n) is 5.70. The Labute approximate surface area is 154 Å². The third-order valence-corrected chi connectivity index (χ3v) is 4.56. The number of hydrogen-bond donors (Lipinski definition) is 1. The Hall–Kier alpha value is -3.19. The van der Waals surface area contributed by atoms with Gasteiger partial charge >= 0.3 is 0 Å². The van der Waals surface area contributed by atoms with Crippen LogP contribution in [-0.2, 0) is 6.54 Å². The Kier molecular flexibility index (Phi) is 4.37.